The van der Waals surface area contributed by atoms with Crippen molar-refractivity contribution in [1.29, 1.82) is 0 Å². The summed E-state index contributed by atoms with van der Waals surface area (Å²) in [6.07, 6.45) is 0. The molecular weight excluding hydrogens is 389 g/mol. The van der Waals surface area contributed by atoms with Gasteiger partial charge in [-0.2, -0.15) is 0 Å². The fourth-order valence-corrected chi connectivity index (χ4v) is 2.70. The summed E-state index contributed by atoms with van der Waals surface area (Å²) < 4.78 is 0. The van der Waals surface area contributed by atoms with Gasteiger partial charge in [0.15, 0.2) is 16.1 Å². The molecule has 2 aromatic carbocycles. The number of thiocarbonyl (C=S) groups is 1. The lowest BCUT2D eigenvalue weighted by Crippen LogP contribution is -2.19. The molecule has 0 aliphatic heterocycles. The summed E-state index contributed by atoms with van der Waals surface area (Å²) in [6.45, 7) is 1.94. The molecule has 1 heterocycles. The van der Waals surface area contributed by atoms with Crippen molar-refractivity contribution < 1.29 is 0 Å². The summed E-state index contributed by atoms with van der Waals surface area (Å²) in [7, 11) is 0. The lowest BCUT2D eigenvalue weighted by atomic mass is 10.2. The maximum Gasteiger partial charge on any atom is 0.175 e. The van der Waals surface area contributed by atoms with E-state index < -0.39 is 0 Å². The van der Waals surface area contributed by atoms with Gasteiger partial charge in [-0.1, -0.05) is 29.3 Å². The molecule has 0 unspecified atom stereocenters. The number of anilines is 4. The smallest absolute Gasteiger partial charge is 0.175 e. The number of aromatic nitrogens is 2. The number of rotatable bonds is 4. The zero-order valence-electron chi connectivity index (χ0n) is 13.8. The van der Waals surface area contributed by atoms with Crippen LogP contribution >= 0.6 is 35.4 Å². The quantitative estimate of drug-likeness (QED) is 0.489. The van der Waals surface area contributed by atoms with Crippen LogP contribution in [0.4, 0.5) is 22.9 Å². The number of hydrogen-bond donors (Lipinski definition) is 3. The summed E-state index contributed by atoms with van der Waals surface area (Å²) in [4.78, 5) is 0. The molecule has 0 bridgehead atoms. The number of halogens is 2. The maximum absolute atomic E-state index is 6.12. The Bertz CT molecular complexity index is 914. The molecule has 0 aliphatic rings. The number of benzene rings is 2. The van der Waals surface area contributed by atoms with Gasteiger partial charge in [-0.3, -0.25) is 0 Å². The molecule has 0 radical (unpaired) electrons. The molecule has 0 atom stereocenters. The summed E-state index contributed by atoms with van der Waals surface area (Å²) in [5, 5.41) is 18.7. The molecule has 132 valence electrons. The largest absolute Gasteiger partial charge is 0.339 e. The zero-order chi connectivity index (χ0) is 18.5. The van der Waals surface area contributed by atoms with E-state index in [0.717, 1.165) is 22.6 Å². The van der Waals surface area contributed by atoms with Crippen molar-refractivity contribution >= 4 is 63.4 Å². The van der Waals surface area contributed by atoms with Gasteiger partial charge in [0, 0.05) is 22.1 Å². The van der Waals surface area contributed by atoms with Crippen molar-refractivity contribution in [3.63, 3.8) is 0 Å². The molecule has 0 saturated heterocycles. The standard InChI is InChI=1S/C18H15Cl2N5S/c1-11-14(19)3-2-4-15(11)23-18(26)22-13-7-5-12(6-8-13)21-17-10-9-16(20)24-25-17/h2-10H,1H3,(H,21,25)(H2,22,23,26). The predicted molar refractivity (Wildman–Crippen MR) is 113 cm³/mol. The fraction of sp³-hybridized carbons (Fsp3) is 0.0556. The summed E-state index contributed by atoms with van der Waals surface area (Å²) in [6, 6.07) is 16.7. The minimum atomic E-state index is 0.353. The Kier molecular flexibility index (Phi) is 5.88. The first kappa shape index (κ1) is 18.4. The van der Waals surface area contributed by atoms with Crippen molar-refractivity contribution in [2.45, 2.75) is 6.92 Å². The molecule has 0 saturated carbocycles. The number of nitrogens with zero attached hydrogens (tertiary/aromatic N) is 2. The highest BCUT2D eigenvalue weighted by atomic mass is 35.5. The van der Waals surface area contributed by atoms with Crippen molar-refractivity contribution in [3.05, 3.63) is 70.3 Å². The second kappa shape index (κ2) is 8.31. The Hall–Kier alpha value is -2.41. The first-order chi connectivity index (χ1) is 12.5. The van der Waals surface area contributed by atoms with E-state index in [1.165, 1.54) is 0 Å². The first-order valence-corrected chi connectivity index (χ1v) is 8.87. The van der Waals surface area contributed by atoms with Crippen LogP contribution in [0.15, 0.2) is 54.6 Å². The third-order valence-electron chi connectivity index (χ3n) is 3.56. The Labute approximate surface area is 166 Å². The Morgan fingerprint density at radius 3 is 2.31 bits per heavy atom. The Morgan fingerprint density at radius 1 is 0.885 bits per heavy atom. The minimum Gasteiger partial charge on any atom is -0.339 e. The van der Waals surface area contributed by atoms with Crippen molar-refractivity contribution in [2.24, 2.45) is 0 Å². The lowest BCUT2D eigenvalue weighted by molar-refractivity contribution is 1.04. The Balaban J connectivity index is 1.60. The average molecular weight is 404 g/mol. The average Bonchev–Trinajstić information content (AvgIpc) is 2.62. The molecule has 0 fully saturated rings. The van der Waals surface area contributed by atoms with E-state index in [0.29, 0.717) is 21.1 Å². The fourth-order valence-electron chi connectivity index (χ4n) is 2.19. The van der Waals surface area contributed by atoms with Crippen LogP contribution in [0.5, 0.6) is 0 Å². The SMILES string of the molecule is Cc1c(Cl)cccc1NC(=S)Nc1ccc(Nc2ccc(Cl)nn2)cc1. The molecule has 3 aromatic rings. The highest BCUT2D eigenvalue weighted by Crippen LogP contribution is 2.23. The van der Waals surface area contributed by atoms with Crippen LogP contribution in [0.25, 0.3) is 0 Å². The van der Waals surface area contributed by atoms with Gasteiger partial charge in [-0.25, -0.2) is 0 Å². The van der Waals surface area contributed by atoms with Gasteiger partial charge in [-0.15, -0.1) is 10.2 Å². The van der Waals surface area contributed by atoms with E-state index in [-0.39, 0.29) is 0 Å². The van der Waals surface area contributed by atoms with Crippen molar-refractivity contribution in [1.82, 2.24) is 10.2 Å². The first-order valence-electron chi connectivity index (χ1n) is 7.71. The van der Waals surface area contributed by atoms with Gasteiger partial charge in [0.1, 0.15) is 0 Å². The maximum atomic E-state index is 6.12. The molecule has 1 aromatic heterocycles. The van der Waals surface area contributed by atoms with E-state index >= 15 is 0 Å². The van der Waals surface area contributed by atoms with Gasteiger partial charge in [0.25, 0.3) is 0 Å². The number of nitrogens with one attached hydrogen (secondary N) is 3. The molecule has 0 spiro atoms. The van der Waals surface area contributed by atoms with Crippen LogP contribution in [0.2, 0.25) is 10.2 Å². The topological polar surface area (TPSA) is 61.9 Å². The van der Waals surface area contributed by atoms with E-state index in [1.54, 1.807) is 12.1 Å². The molecule has 8 heteroatoms. The normalized spacial score (nSPS) is 10.3. The van der Waals surface area contributed by atoms with E-state index in [2.05, 4.69) is 26.1 Å². The summed E-state index contributed by atoms with van der Waals surface area (Å²) >= 11 is 17.2. The van der Waals surface area contributed by atoms with E-state index in [9.17, 15) is 0 Å². The van der Waals surface area contributed by atoms with Crippen LogP contribution in [-0.4, -0.2) is 15.3 Å². The van der Waals surface area contributed by atoms with Crippen LogP contribution in [0, 0.1) is 6.92 Å². The molecule has 5 nitrogen and oxygen atoms in total. The lowest BCUT2D eigenvalue weighted by Gasteiger charge is -2.13. The van der Waals surface area contributed by atoms with Gasteiger partial charge in [0.2, 0.25) is 0 Å². The molecule has 0 aliphatic carbocycles. The van der Waals surface area contributed by atoms with E-state index in [1.807, 2.05) is 49.4 Å². The zero-order valence-corrected chi connectivity index (χ0v) is 16.1. The van der Waals surface area contributed by atoms with Crippen LogP contribution in [0.1, 0.15) is 5.56 Å². The Morgan fingerprint density at radius 2 is 1.62 bits per heavy atom. The van der Waals surface area contributed by atoms with Crippen molar-refractivity contribution in [2.75, 3.05) is 16.0 Å². The molecule has 0 amide bonds. The second-order valence-electron chi connectivity index (χ2n) is 5.44. The van der Waals surface area contributed by atoms with Crippen molar-refractivity contribution in [3.8, 4) is 0 Å². The van der Waals surface area contributed by atoms with Crippen LogP contribution in [-0.2, 0) is 0 Å². The second-order valence-corrected chi connectivity index (χ2v) is 6.64. The molecule has 3 N–H and O–H groups in total. The summed E-state index contributed by atoms with van der Waals surface area (Å²) in [5.41, 5.74) is 3.54. The molecule has 26 heavy (non-hydrogen) atoms. The van der Waals surface area contributed by atoms with Gasteiger partial charge in [-0.05, 0) is 73.2 Å². The minimum absolute atomic E-state index is 0.353. The molecule has 3 rings (SSSR count). The van der Waals surface area contributed by atoms with Gasteiger partial charge >= 0.3 is 0 Å². The monoisotopic (exact) mass is 403 g/mol. The summed E-state index contributed by atoms with van der Waals surface area (Å²) in [5.74, 6) is 0.615. The van der Waals surface area contributed by atoms with E-state index in [4.69, 9.17) is 35.4 Å². The van der Waals surface area contributed by atoms with Crippen LogP contribution in [0.3, 0.4) is 0 Å². The molecular formula is C18H15Cl2N5S. The van der Waals surface area contributed by atoms with Crippen LogP contribution < -0.4 is 16.0 Å². The van der Waals surface area contributed by atoms with Gasteiger partial charge < -0.3 is 16.0 Å². The highest BCUT2D eigenvalue weighted by molar-refractivity contribution is 7.80. The van der Waals surface area contributed by atoms with Gasteiger partial charge in [0.05, 0.1) is 0 Å². The predicted octanol–water partition coefficient (Wildman–Crippen LogP) is 5.64. The highest BCUT2D eigenvalue weighted by Gasteiger charge is 2.05. The third-order valence-corrected chi connectivity index (χ3v) is 4.38. The third kappa shape index (κ3) is 4.82. The number of hydrogen-bond acceptors (Lipinski definition) is 4.